The normalized spacial score (nSPS) is 16.3. The number of pyridine rings is 1. The van der Waals surface area contributed by atoms with Gasteiger partial charge in [-0.15, -0.1) is 11.6 Å². The fraction of sp³-hybridized carbons (Fsp3) is 0.600. The molecule has 1 fully saturated rings. The maximum absolute atomic E-state index is 6.04. The van der Waals surface area contributed by atoms with Crippen LogP contribution < -0.4 is 0 Å². The van der Waals surface area contributed by atoms with Gasteiger partial charge in [0, 0.05) is 12.7 Å². The second kappa shape index (κ2) is 6.10. The Morgan fingerprint density at radius 2 is 2.05 bits per heavy atom. The summed E-state index contributed by atoms with van der Waals surface area (Å²) in [5, 5.41) is 0. The van der Waals surface area contributed by atoms with Crippen molar-refractivity contribution >= 4 is 22.8 Å². The van der Waals surface area contributed by atoms with E-state index in [2.05, 4.69) is 26.4 Å². The van der Waals surface area contributed by atoms with E-state index in [4.69, 9.17) is 11.6 Å². The van der Waals surface area contributed by atoms with Crippen LogP contribution in [0.15, 0.2) is 12.3 Å². The monoisotopic (exact) mass is 292 g/mol. The van der Waals surface area contributed by atoms with E-state index in [0.717, 1.165) is 36.5 Å². The highest BCUT2D eigenvalue weighted by molar-refractivity contribution is 6.16. The van der Waals surface area contributed by atoms with Gasteiger partial charge in [0.25, 0.3) is 0 Å². The Labute approximate surface area is 124 Å². The van der Waals surface area contributed by atoms with Crippen molar-refractivity contribution in [2.24, 2.45) is 0 Å². The summed E-state index contributed by atoms with van der Waals surface area (Å²) in [6.45, 7) is 6.69. The van der Waals surface area contributed by atoms with Crippen molar-refractivity contribution in [1.82, 2.24) is 19.4 Å². The maximum atomic E-state index is 6.04. The summed E-state index contributed by atoms with van der Waals surface area (Å²) in [5.41, 5.74) is 3.13. The molecule has 3 rings (SSSR count). The number of likely N-dealkylation sites (tertiary alicyclic amines) is 1. The maximum Gasteiger partial charge on any atom is 0.160 e. The van der Waals surface area contributed by atoms with Crippen LogP contribution in [0.4, 0.5) is 0 Å². The van der Waals surface area contributed by atoms with E-state index in [0.29, 0.717) is 5.88 Å². The third kappa shape index (κ3) is 2.67. The lowest BCUT2D eigenvalue weighted by Crippen LogP contribution is -2.21. The van der Waals surface area contributed by atoms with Gasteiger partial charge in [-0.25, -0.2) is 9.97 Å². The van der Waals surface area contributed by atoms with Crippen LogP contribution in [0.1, 0.15) is 30.7 Å². The van der Waals surface area contributed by atoms with Crippen molar-refractivity contribution in [2.45, 2.75) is 38.6 Å². The number of halogens is 1. The highest BCUT2D eigenvalue weighted by Crippen LogP contribution is 2.19. The predicted octanol–water partition coefficient (Wildman–Crippen LogP) is 2.96. The van der Waals surface area contributed by atoms with Crippen LogP contribution >= 0.6 is 11.6 Å². The molecule has 1 saturated heterocycles. The molecule has 1 aliphatic rings. The van der Waals surface area contributed by atoms with E-state index in [1.165, 1.54) is 31.5 Å². The van der Waals surface area contributed by atoms with Crippen LogP contribution in [0.25, 0.3) is 11.2 Å². The lowest BCUT2D eigenvalue weighted by molar-refractivity contribution is 0.325. The fourth-order valence-corrected chi connectivity index (χ4v) is 3.18. The third-order valence-electron chi connectivity index (χ3n) is 4.09. The zero-order valence-electron chi connectivity index (χ0n) is 12.0. The number of hydrogen-bond acceptors (Lipinski definition) is 3. The molecule has 0 N–H and O–H groups in total. The molecule has 20 heavy (non-hydrogen) atoms. The van der Waals surface area contributed by atoms with Gasteiger partial charge in [0.05, 0.1) is 5.88 Å². The number of nitrogens with zero attached hydrogens (tertiary/aromatic N) is 4. The van der Waals surface area contributed by atoms with Crippen molar-refractivity contribution < 1.29 is 0 Å². The molecule has 0 unspecified atom stereocenters. The minimum absolute atomic E-state index is 0.444. The van der Waals surface area contributed by atoms with Crippen molar-refractivity contribution in [3.63, 3.8) is 0 Å². The van der Waals surface area contributed by atoms with Gasteiger partial charge in [-0.3, -0.25) is 0 Å². The standard InChI is InChI=1S/C15H21ClN4/c1-12-5-6-17-15-14(12)18-13(11-16)20(15)10-4-9-19-7-2-3-8-19/h5-6H,2-4,7-11H2,1H3. The molecule has 5 heteroatoms. The summed E-state index contributed by atoms with van der Waals surface area (Å²) in [6, 6.07) is 2.00. The van der Waals surface area contributed by atoms with Crippen LogP contribution in [0.3, 0.4) is 0 Å². The largest absolute Gasteiger partial charge is 0.312 e. The molecule has 0 radical (unpaired) electrons. The third-order valence-corrected chi connectivity index (χ3v) is 4.33. The molecule has 0 saturated carbocycles. The zero-order valence-corrected chi connectivity index (χ0v) is 12.7. The molecule has 2 aromatic rings. The molecule has 0 amide bonds. The molecular weight excluding hydrogens is 272 g/mol. The molecule has 2 aromatic heterocycles. The van der Waals surface area contributed by atoms with E-state index in [1.54, 1.807) is 0 Å². The second-order valence-corrected chi connectivity index (χ2v) is 5.78. The average Bonchev–Trinajstić information content (AvgIpc) is 3.08. The fourth-order valence-electron chi connectivity index (χ4n) is 2.98. The first kappa shape index (κ1) is 13.8. The van der Waals surface area contributed by atoms with E-state index >= 15 is 0 Å². The summed E-state index contributed by atoms with van der Waals surface area (Å²) in [4.78, 5) is 11.7. The topological polar surface area (TPSA) is 34.0 Å². The van der Waals surface area contributed by atoms with Gasteiger partial charge in [-0.2, -0.15) is 0 Å². The molecule has 0 aliphatic carbocycles. The summed E-state index contributed by atoms with van der Waals surface area (Å²) in [5.74, 6) is 1.38. The van der Waals surface area contributed by atoms with Gasteiger partial charge in [-0.05, 0) is 57.5 Å². The highest BCUT2D eigenvalue weighted by Gasteiger charge is 2.14. The van der Waals surface area contributed by atoms with Crippen molar-refractivity contribution in [3.05, 3.63) is 23.7 Å². The van der Waals surface area contributed by atoms with Gasteiger partial charge >= 0.3 is 0 Å². The number of rotatable bonds is 5. The molecule has 0 bridgehead atoms. The first-order chi connectivity index (χ1) is 9.79. The average molecular weight is 293 g/mol. The van der Waals surface area contributed by atoms with Crippen LogP contribution in [0.5, 0.6) is 0 Å². The minimum Gasteiger partial charge on any atom is -0.312 e. The van der Waals surface area contributed by atoms with E-state index < -0.39 is 0 Å². The van der Waals surface area contributed by atoms with Crippen LogP contribution in [0, 0.1) is 6.92 Å². The Kier molecular flexibility index (Phi) is 4.22. The molecule has 0 aromatic carbocycles. The van der Waals surface area contributed by atoms with Crippen molar-refractivity contribution in [3.8, 4) is 0 Å². The highest BCUT2D eigenvalue weighted by atomic mass is 35.5. The summed E-state index contributed by atoms with van der Waals surface area (Å²) < 4.78 is 2.19. The van der Waals surface area contributed by atoms with Gasteiger partial charge in [0.15, 0.2) is 5.65 Å². The number of hydrogen-bond donors (Lipinski definition) is 0. The summed E-state index contributed by atoms with van der Waals surface area (Å²) in [7, 11) is 0. The zero-order chi connectivity index (χ0) is 13.9. The SMILES string of the molecule is Cc1ccnc2c1nc(CCl)n2CCCN1CCCC1. The van der Waals surface area contributed by atoms with Gasteiger partial charge in [0.1, 0.15) is 11.3 Å². The first-order valence-corrected chi connectivity index (χ1v) is 7.92. The van der Waals surface area contributed by atoms with Crippen LogP contribution in [-0.4, -0.2) is 39.1 Å². The van der Waals surface area contributed by atoms with Gasteiger partial charge in [0.2, 0.25) is 0 Å². The number of imidazole rings is 1. The molecule has 0 spiro atoms. The summed E-state index contributed by atoms with van der Waals surface area (Å²) >= 11 is 6.04. The van der Waals surface area contributed by atoms with E-state index in [-0.39, 0.29) is 0 Å². The molecule has 108 valence electrons. The number of fused-ring (bicyclic) bond motifs is 1. The Morgan fingerprint density at radius 3 is 2.80 bits per heavy atom. The van der Waals surface area contributed by atoms with Crippen LogP contribution in [0.2, 0.25) is 0 Å². The smallest absolute Gasteiger partial charge is 0.160 e. The number of aromatic nitrogens is 3. The van der Waals surface area contributed by atoms with Crippen molar-refractivity contribution in [1.29, 1.82) is 0 Å². The second-order valence-electron chi connectivity index (χ2n) is 5.52. The minimum atomic E-state index is 0.444. The molecule has 3 heterocycles. The van der Waals surface area contributed by atoms with Crippen molar-refractivity contribution in [2.75, 3.05) is 19.6 Å². The quantitative estimate of drug-likeness (QED) is 0.795. The molecule has 0 atom stereocenters. The lowest BCUT2D eigenvalue weighted by Gasteiger charge is -2.15. The Morgan fingerprint density at radius 1 is 1.25 bits per heavy atom. The Hall–Kier alpha value is -1.13. The van der Waals surface area contributed by atoms with Gasteiger partial charge < -0.3 is 9.47 Å². The van der Waals surface area contributed by atoms with Crippen LogP contribution in [-0.2, 0) is 12.4 Å². The van der Waals surface area contributed by atoms with Gasteiger partial charge in [-0.1, -0.05) is 0 Å². The molecule has 4 nitrogen and oxygen atoms in total. The summed E-state index contributed by atoms with van der Waals surface area (Å²) in [6.07, 6.45) is 5.68. The van der Waals surface area contributed by atoms with E-state index in [1.807, 2.05) is 12.3 Å². The number of aryl methyl sites for hydroxylation is 2. The first-order valence-electron chi connectivity index (χ1n) is 7.38. The van der Waals surface area contributed by atoms with E-state index in [9.17, 15) is 0 Å². The molecule has 1 aliphatic heterocycles. The number of alkyl halides is 1. The molecular formula is C15H21ClN4. The Bertz CT molecular complexity index is 587. The predicted molar refractivity (Wildman–Crippen MR) is 82.1 cm³/mol. The lowest BCUT2D eigenvalue weighted by atomic mass is 10.3. The Balaban J connectivity index is 1.77.